The molecule has 106 valence electrons. The topological polar surface area (TPSA) is 57.6 Å². The number of amides is 1. The number of carboxylic acid groups (broad SMARTS) is 1. The Kier molecular flexibility index (Phi) is 9.33. The summed E-state index contributed by atoms with van der Waals surface area (Å²) in [5.74, 6) is -0.983. The van der Waals surface area contributed by atoms with Crippen molar-refractivity contribution < 1.29 is 14.7 Å². The monoisotopic (exact) mass is 257 g/mol. The van der Waals surface area contributed by atoms with Gasteiger partial charge in [0.1, 0.15) is 6.54 Å². The van der Waals surface area contributed by atoms with Crippen LogP contribution >= 0.6 is 0 Å². The molecular weight excluding hydrogens is 230 g/mol. The van der Waals surface area contributed by atoms with Crippen molar-refractivity contribution in [2.45, 2.75) is 71.8 Å². The van der Waals surface area contributed by atoms with Gasteiger partial charge in [-0.25, -0.2) is 0 Å². The lowest BCUT2D eigenvalue weighted by atomic mass is 10.1. The van der Waals surface area contributed by atoms with E-state index in [1.54, 1.807) is 0 Å². The molecule has 0 heterocycles. The van der Waals surface area contributed by atoms with Gasteiger partial charge in [-0.05, 0) is 20.3 Å². The molecule has 4 heteroatoms. The molecule has 1 amide bonds. The van der Waals surface area contributed by atoms with E-state index in [-0.39, 0.29) is 18.5 Å². The van der Waals surface area contributed by atoms with Crippen LogP contribution in [-0.4, -0.2) is 34.5 Å². The molecule has 0 aromatic heterocycles. The molecule has 0 saturated carbocycles. The first-order valence-corrected chi connectivity index (χ1v) is 7.00. The Morgan fingerprint density at radius 2 is 1.61 bits per heavy atom. The molecule has 0 radical (unpaired) electrons. The van der Waals surface area contributed by atoms with E-state index in [0.29, 0.717) is 6.42 Å². The number of unbranched alkanes of at least 4 members (excludes halogenated alkanes) is 5. The van der Waals surface area contributed by atoms with Crippen molar-refractivity contribution in [1.29, 1.82) is 0 Å². The second kappa shape index (κ2) is 9.92. The van der Waals surface area contributed by atoms with Crippen LogP contribution in [0.1, 0.15) is 65.7 Å². The lowest BCUT2D eigenvalue weighted by Crippen LogP contribution is -2.40. The van der Waals surface area contributed by atoms with Crippen LogP contribution in [0.2, 0.25) is 0 Å². The summed E-state index contributed by atoms with van der Waals surface area (Å²) in [6, 6.07) is -0.0475. The van der Waals surface area contributed by atoms with Crippen LogP contribution in [-0.2, 0) is 9.59 Å². The van der Waals surface area contributed by atoms with E-state index in [4.69, 9.17) is 5.11 Å². The fourth-order valence-corrected chi connectivity index (χ4v) is 1.90. The van der Waals surface area contributed by atoms with Crippen molar-refractivity contribution in [3.05, 3.63) is 0 Å². The van der Waals surface area contributed by atoms with Crippen LogP contribution in [0.25, 0.3) is 0 Å². The number of carbonyl (C=O) groups is 2. The minimum atomic E-state index is -0.944. The molecule has 0 aromatic rings. The number of carbonyl (C=O) groups excluding carboxylic acids is 1. The van der Waals surface area contributed by atoms with Crippen LogP contribution in [0.5, 0.6) is 0 Å². The molecule has 0 fully saturated rings. The summed E-state index contributed by atoms with van der Waals surface area (Å²) in [6.07, 6.45) is 7.27. The van der Waals surface area contributed by atoms with Crippen molar-refractivity contribution in [3.63, 3.8) is 0 Å². The fourth-order valence-electron chi connectivity index (χ4n) is 1.90. The van der Waals surface area contributed by atoms with Crippen molar-refractivity contribution in [2.24, 2.45) is 0 Å². The number of carboxylic acids is 1. The Labute approximate surface area is 110 Å². The van der Waals surface area contributed by atoms with Gasteiger partial charge in [-0.2, -0.15) is 0 Å². The van der Waals surface area contributed by atoms with E-state index in [0.717, 1.165) is 12.8 Å². The Balaban J connectivity index is 3.85. The van der Waals surface area contributed by atoms with E-state index in [1.165, 1.54) is 30.6 Å². The summed E-state index contributed by atoms with van der Waals surface area (Å²) in [5.41, 5.74) is 0. The van der Waals surface area contributed by atoms with Gasteiger partial charge >= 0.3 is 5.97 Å². The molecule has 0 atom stereocenters. The summed E-state index contributed by atoms with van der Waals surface area (Å²) < 4.78 is 0. The Hall–Kier alpha value is -1.06. The largest absolute Gasteiger partial charge is 0.480 e. The zero-order valence-corrected chi connectivity index (χ0v) is 11.9. The maximum absolute atomic E-state index is 11.9. The molecule has 0 spiro atoms. The van der Waals surface area contributed by atoms with Crippen LogP contribution in [0.15, 0.2) is 0 Å². The average Bonchev–Trinajstić information content (AvgIpc) is 2.29. The van der Waals surface area contributed by atoms with Crippen molar-refractivity contribution in [1.82, 2.24) is 4.90 Å². The maximum Gasteiger partial charge on any atom is 0.323 e. The minimum Gasteiger partial charge on any atom is -0.480 e. The average molecular weight is 257 g/mol. The smallest absolute Gasteiger partial charge is 0.323 e. The first-order chi connectivity index (χ1) is 8.49. The summed E-state index contributed by atoms with van der Waals surface area (Å²) in [6.45, 7) is 5.69. The molecule has 0 aliphatic rings. The molecule has 0 saturated heterocycles. The third-order valence-electron chi connectivity index (χ3n) is 2.99. The van der Waals surface area contributed by atoms with Gasteiger partial charge < -0.3 is 10.0 Å². The highest BCUT2D eigenvalue weighted by Gasteiger charge is 2.18. The molecule has 0 aromatic carbocycles. The minimum absolute atomic E-state index is 0.0390. The summed E-state index contributed by atoms with van der Waals surface area (Å²) in [4.78, 5) is 24.0. The number of nitrogens with zero attached hydrogens (tertiary/aromatic N) is 1. The van der Waals surface area contributed by atoms with Gasteiger partial charge in [-0.1, -0.05) is 39.0 Å². The predicted octanol–water partition coefficient (Wildman–Crippen LogP) is 3.06. The molecule has 18 heavy (non-hydrogen) atoms. The van der Waals surface area contributed by atoms with E-state index in [2.05, 4.69) is 6.92 Å². The van der Waals surface area contributed by atoms with Crippen molar-refractivity contribution in [3.8, 4) is 0 Å². The van der Waals surface area contributed by atoms with Gasteiger partial charge in [0.15, 0.2) is 0 Å². The quantitative estimate of drug-likeness (QED) is 0.612. The molecule has 4 nitrogen and oxygen atoms in total. The van der Waals surface area contributed by atoms with E-state index >= 15 is 0 Å². The fraction of sp³-hybridized carbons (Fsp3) is 0.857. The number of aliphatic carboxylic acids is 1. The highest BCUT2D eigenvalue weighted by Crippen LogP contribution is 2.09. The van der Waals surface area contributed by atoms with E-state index in [9.17, 15) is 9.59 Å². The first kappa shape index (κ1) is 16.9. The van der Waals surface area contributed by atoms with Crippen LogP contribution in [0, 0.1) is 0 Å². The van der Waals surface area contributed by atoms with Gasteiger partial charge in [-0.15, -0.1) is 0 Å². The standard InChI is InChI=1S/C14H27NO3/c1-4-5-6-7-8-9-10-13(16)15(12(2)3)11-14(17)18/h12H,4-11H2,1-3H3,(H,17,18). The number of hydrogen-bond acceptors (Lipinski definition) is 2. The van der Waals surface area contributed by atoms with Crippen molar-refractivity contribution in [2.75, 3.05) is 6.54 Å². The van der Waals surface area contributed by atoms with E-state index < -0.39 is 5.97 Å². The van der Waals surface area contributed by atoms with Gasteiger partial charge in [0.2, 0.25) is 5.91 Å². The molecule has 0 bridgehead atoms. The predicted molar refractivity (Wildman–Crippen MR) is 72.5 cm³/mol. The van der Waals surface area contributed by atoms with Crippen LogP contribution in [0.3, 0.4) is 0 Å². The number of rotatable bonds is 10. The molecule has 0 aliphatic heterocycles. The van der Waals surface area contributed by atoms with Crippen LogP contribution < -0.4 is 0 Å². The first-order valence-electron chi connectivity index (χ1n) is 7.00. The van der Waals surface area contributed by atoms with Gasteiger partial charge in [0.05, 0.1) is 0 Å². The Morgan fingerprint density at radius 1 is 1.06 bits per heavy atom. The lowest BCUT2D eigenvalue weighted by Gasteiger charge is -2.24. The molecule has 0 unspecified atom stereocenters. The third kappa shape index (κ3) is 8.09. The summed E-state index contributed by atoms with van der Waals surface area (Å²) in [7, 11) is 0. The SMILES string of the molecule is CCCCCCCCC(=O)N(CC(=O)O)C(C)C. The molecular formula is C14H27NO3. The highest BCUT2D eigenvalue weighted by atomic mass is 16.4. The normalized spacial score (nSPS) is 10.7. The van der Waals surface area contributed by atoms with Crippen LogP contribution in [0.4, 0.5) is 0 Å². The van der Waals surface area contributed by atoms with E-state index in [1.807, 2.05) is 13.8 Å². The second-order valence-electron chi connectivity index (χ2n) is 5.03. The molecule has 0 rings (SSSR count). The second-order valence-corrected chi connectivity index (χ2v) is 5.03. The Bertz CT molecular complexity index is 251. The lowest BCUT2D eigenvalue weighted by molar-refractivity contribution is -0.145. The zero-order chi connectivity index (χ0) is 14.0. The zero-order valence-electron chi connectivity index (χ0n) is 11.9. The van der Waals surface area contributed by atoms with Gasteiger partial charge in [-0.3, -0.25) is 9.59 Å². The molecule has 0 aliphatic carbocycles. The van der Waals surface area contributed by atoms with Gasteiger partial charge in [0.25, 0.3) is 0 Å². The number of hydrogen-bond donors (Lipinski definition) is 1. The molecule has 1 N–H and O–H groups in total. The Morgan fingerprint density at radius 3 is 2.11 bits per heavy atom. The highest BCUT2D eigenvalue weighted by molar-refractivity contribution is 5.81. The summed E-state index contributed by atoms with van der Waals surface area (Å²) in [5, 5.41) is 8.76. The third-order valence-corrected chi connectivity index (χ3v) is 2.99. The maximum atomic E-state index is 11.9. The van der Waals surface area contributed by atoms with Gasteiger partial charge in [0, 0.05) is 12.5 Å². The van der Waals surface area contributed by atoms with Crippen molar-refractivity contribution >= 4 is 11.9 Å². The summed E-state index contributed by atoms with van der Waals surface area (Å²) >= 11 is 0.